The average molecular weight is 242 g/mol. The molecule has 0 aliphatic rings. The largest absolute Gasteiger partial charge is 0.497 e. The summed E-state index contributed by atoms with van der Waals surface area (Å²) < 4.78 is 5.21. The summed E-state index contributed by atoms with van der Waals surface area (Å²) in [4.78, 5) is 4.14. The Balaban J connectivity index is 2.16. The third kappa shape index (κ3) is 2.87. The lowest BCUT2D eigenvalue weighted by molar-refractivity contribution is 0.414. The third-order valence-electron chi connectivity index (χ3n) is 3.07. The van der Waals surface area contributed by atoms with Gasteiger partial charge >= 0.3 is 0 Å². The van der Waals surface area contributed by atoms with Crippen LogP contribution in [0.15, 0.2) is 42.7 Å². The molecule has 0 radical (unpaired) electrons. The van der Waals surface area contributed by atoms with Gasteiger partial charge in [-0.3, -0.25) is 4.98 Å². The van der Waals surface area contributed by atoms with Crippen LogP contribution in [0.25, 0.3) is 0 Å². The molecule has 0 fully saturated rings. The predicted molar refractivity (Wildman–Crippen MR) is 72.6 cm³/mol. The molecule has 2 N–H and O–H groups in total. The molecule has 2 aromatic rings. The molecule has 1 atom stereocenters. The highest BCUT2D eigenvalue weighted by molar-refractivity contribution is 5.31. The average Bonchev–Trinajstić information content (AvgIpc) is 2.39. The van der Waals surface area contributed by atoms with Crippen molar-refractivity contribution >= 4 is 0 Å². The zero-order chi connectivity index (χ0) is 13.0. The second kappa shape index (κ2) is 5.65. The van der Waals surface area contributed by atoms with Crippen LogP contribution >= 0.6 is 0 Å². The van der Waals surface area contributed by atoms with Crippen molar-refractivity contribution in [3.05, 3.63) is 59.4 Å². The maximum Gasteiger partial charge on any atom is 0.119 e. The minimum Gasteiger partial charge on any atom is -0.497 e. The van der Waals surface area contributed by atoms with Crippen molar-refractivity contribution in [1.82, 2.24) is 4.98 Å². The fourth-order valence-electron chi connectivity index (χ4n) is 2.03. The molecule has 3 heteroatoms. The van der Waals surface area contributed by atoms with Crippen molar-refractivity contribution in [3.63, 3.8) is 0 Å². The number of hydrogen-bond acceptors (Lipinski definition) is 3. The van der Waals surface area contributed by atoms with E-state index >= 15 is 0 Å². The van der Waals surface area contributed by atoms with Crippen molar-refractivity contribution in [2.75, 3.05) is 7.11 Å². The van der Waals surface area contributed by atoms with Crippen LogP contribution in [0.4, 0.5) is 0 Å². The van der Waals surface area contributed by atoms with Crippen molar-refractivity contribution in [2.24, 2.45) is 5.73 Å². The van der Waals surface area contributed by atoms with Gasteiger partial charge in [0.25, 0.3) is 0 Å². The van der Waals surface area contributed by atoms with Gasteiger partial charge in [0, 0.05) is 18.4 Å². The summed E-state index contributed by atoms with van der Waals surface area (Å²) in [5.74, 6) is 0.864. The Morgan fingerprint density at radius 2 is 2.17 bits per heavy atom. The van der Waals surface area contributed by atoms with Crippen LogP contribution in [-0.2, 0) is 6.42 Å². The van der Waals surface area contributed by atoms with E-state index in [0.717, 1.165) is 17.7 Å². The number of nitrogens with zero attached hydrogens (tertiary/aromatic N) is 1. The van der Waals surface area contributed by atoms with Gasteiger partial charge in [0.15, 0.2) is 0 Å². The SMILES string of the molecule is COc1cccc(CC(N)c2cnccc2C)c1. The molecule has 0 amide bonds. The summed E-state index contributed by atoms with van der Waals surface area (Å²) in [7, 11) is 1.67. The van der Waals surface area contributed by atoms with Crippen LogP contribution in [0.2, 0.25) is 0 Å². The molecule has 1 aromatic carbocycles. The number of aryl methyl sites for hydroxylation is 1. The molecule has 3 nitrogen and oxygen atoms in total. The Bertz CT molecular complexity index is 525. The van der Waals surface area contributed by atoms with Gasteiger partial charge in [0.2, 0.25) is 0 Å². The van der Waals surface area contributed by atoms with Crippen LogP contribution < -0.4 is 10.5 Å². The number of nitrogens with two attached hydrogens (primary N) is 1. The number of methoxy groups -OCH3 is 1. The minimum atomic E-state index is -0.0363. The highest BCUT2D eigenvalue weighted by atomic mass is 16.5. The molecule has 0 spiro atoms. The molecule has 1 aromatic heterocycles. The summed E-state index contributed by atoms with van der Waals surface area (Å²) in [5, 5.41) is 0. The van der Waals surface area contributed by atoms with Gasteiger partial charge in [0.1, 0.15) is 5.75 Å². The van der Waals surface area contributed by atoms with E-state index in [9.17, 15) is 0 Å². The van der Waals surface area contributed by atoms with Gasteiger partial charge in [-0.2, -0.15) is 0 Å². The third-order valence-corrected chi connectivity index (χ3v) is 3.07. The second-order valence-electron chi connectivity index (χ2n) is 4.39. The maximum atomic E-state index is 6.24. The standard InChI is InChI=1S/C15H18N2O/c1-11-6-7-17-10-14(11)15(16)9-12-4-3-5-13(8-12)18-2/h3-8,10,15H,9,16H2,1-2H3. The zero-order valence-electron chi connectivity index (χ0n) is 10.8. The number of aromatic nitrogens is 1. The molecule has 1 unspecified atom stereocenters. The molecule has 0 saturated heterocycles. The summed E-state index contributed by atoms with van der Waals surface area (Å²) in [6.45, 7) is 2.06. The number of rotatable bonds is 4. The normalized spacial score (nSPS) is 12.2. The summed E-state index contributed by atoms with van der Waals surface area (Å²) >= 11 is 0. The molecule has 0 saturated carbocycles. The van der Waals surface area contributed by atoms with Gasteiger partial charge < -0.3 is 10.5 Å². The molecule has 0 bridgehead atoms. The zero-order valence-corrected chi connectivity index (χ0v) is 10.8. The van der Waals surface area contributed by atoms with Gasteiger partial charge in [0.05, 0.1) is 7.11 Å². The van der Waals surface area contributed by atoms with Crippen molar-refractivity contribution in [1.29, 1.82) is 0 Å². The molecule has 0 aliphatic carbocycles. The lowest BCUT2D eigenvalue weighted by Gasteiger charge is -2.14. The Morgan fingerprint density at radius 3 is 2.89 bits per heavy atom. The van der Waals surface area contributed by atoms with Gasteiger partial charge in [-0.05, 0) is 48.2 Å². The van der Waals surface area contributed by atoms with E-state index in [2.05, 4.69) is 18.0 Å². The lowest BCUT2D eigenvalue weighted by Crippen LogP contribution is -2.15. The predicted octanol–water partition coefficient (Wildman–Crippen LogP) is 2.64. The number of pyridine rings is 1. The number of hydrogen-bond donors (Lipinski definition) is 1. The van der Waals surface area contributed by atoms with Gasteiger partial charge in [-0.1, -0.05) is 12.1 Å². The molecule has 2 rings (SSSR count). The van der Waals surface area contributed by atoms with Crippen molar-refractivity contribution < 1.29 is 4.74 Å². The molecule has 0 aliphatic heterocycles. The summed E-state index contributed by atoms with van der Waals surface area (Å²) in [5.41, 5.74) is 9.69. The Hall–Kier alpha value is -1.87. The van der Waals surface area contributed by atoms with E-state index < -0.39 is 0 Å². The second-order valence-corrected chi connectivity index (χ2v) is 4.39. The molecule has 18 heavy (non-hydrogen) atoms. The first kappa shape index (κ1) is 12.6. The first-order valence-electron chi connectivity index (χ1n) is 5.99. The highest BCUT2D eigenvalue weighted by Gasteiger charge is 2.10. The monoisotopic (exact) mass is 242 g/mol. The molecule has 94 valence electrons. The van der Waals surface area contributed by atoms with Crippen molar-refractivity contribution in [2.45, 2.75) is 19.4 Å². The van der Waals surface area contributed by atoms with E-state index in [1.165, 1.54) is 11.1 Å². The molecule has 1 heterocycles. The topological polar surface area (TPSA) is 48.1 Å². The maximum absolute atomic E-state index is 6.24. The van der Waals surface area contributed by atoms with Crippen molar-refractivity contribution in [3.8, 4) is 5.75 Å². The fourth-order valence-corrected chi connectivity index (χ4v) is 2.03. The summed E-state index contributed by atoms with van der Waals surface area (Å²) in [6, 6.07) is 9.95. The fraction of sp³-hybridized carbons (Fsp3) is 0.267. The molecular formula is C15H18N2O. The van der Waals surface area contributed by atoms with Crippen LogP contribution in [0, 0.1) is 6.92 Å². The van der Waals surface area contributed by atoms with Crippen LogP contribution in [0.5, 0.6) is 5.75 Å². The van der Waals surface area contributed by atoms with E-state index in [-0.39, 0.29) is 6.04 Å². The summed E-state index contributed by atoms with van der Waals surface area (Å²) in [6.07, 6.45) is 4.42. The van der Waals surface area contributed by atoms with E-state index in [1.54, 1.807) is 13.3 Å². The quantitative estimate of drug-likeness (QED) is 0.896. The van der Waals surface area contributed by atoms with Crippen LogP contribution in [0.3, 0.4) is 0 Å². The first-order chi connectivity index (χ1) is 8.70. The van der Waals surface area contributed by atoms with Crippen LogP contribution in [-0.4, -0.2) is 12.1 Å². The van der Waals surface area contributed by atoms with E-state index in [4.69, 9.17) is 10.5 Å². The number of ether oxygens (including phenoxy) is 1. The smallest absolute Gasteiger partial charge is 0.119 e. The van der Waals surface area contributed by atoms with Gasteiger partial charge in [-0.15, -0.1) is 0 Å². The van der Waals surface area contributed by atoms with Crippen LogP contribution in [0.1, 0.15) is 22.7 Å². The van der Waals surface area contributed by atoms with Gasteiger partial charge in [-0.25, -0.2) is 0 Å². The number of benzene rings is 1. The minimum absolute atomic E-state index is 0.0363. The molecular weight excluding hydrogens is 224 g/mol. The first-order valence-corrected chi connectivity index (χ1v) is 5.99. The Kier molecular flexibility index (Phi) is 3.95. The van der Waals surface area contributed by atoms with E-state index in [1.807, 2.05) is 30.5 Å². The lowest BCUT2D eigenvalue weighted by atomic mass is 9.98. The van der Waals surface area contributed by atoms with E-state index in [0.29, 0.717) is 0 Å². The Morgan fingerprint density at radius 1 is 1.33 bits per heavy atom. The Labute approximate surface area is 108 Å². The highest BCUT2D eigenvalue weighted by Crippen LogP contribution is 2.20.